The number of aliphatic imine (C=N–C) groups is 2. The van der Waals surface area contributed by atoms with E-state index in [9.17, 15) is 14.3 Å². The number of benzene rings is 1. The van der Waals surface area contributed by atoms with Gasteiger partial charge in [0, 0.05) is 19.8 Å². The van der Waals surface area contributed by atoms with E-state index in [-0.39, 0.29) is 11.7 Å². The van der Waals surface area contributed by atoms with Crippen molar-refractivity contribution < 1.29 is 14.3 Å². The Labute approximate surface area is 129 Å². The number of carboxylic acids is 1. The maximum Gasteiger partial charge on any atom is 0.314 e. The van der Waals surface area contributed by atoms with Crippen molar-refractivity contribution in [3.05, 3.63) is 35.6 Å². The summed E-state index contributed by atoms with van der Waals surface area (Å²) in [5, 5.41) is 9.63. The van der Waals surface area contributed by atoms with Gasteiger partial charge in [-0.3, -0.25) is 4.79 Å². The van der Waals surface area contributed by atoms with Gasteiger partial charge in [-0.15, -0.1) is 0 Å². The third kappa shape index (κ3) is 3.16. The van der Waals surface area contributed by atoms with Gasteiger partial charge < -0.3 is 10.0 Å². The number of hydrogen-bond acceptors (Lipinski definition) is 4. The molecule has 0 bridgehead atoms. The minimum atomic E-state index is -0.969. The standard InChI is InChI=1S/C16H20FN3O2/c1-9(2)13-12(15(21)22)14(19-16(18-13)20(3)4)10-5-7-11(17)8-6-10/h5-9,12,14H,1-4H3,(H,21,22). The van der Waals surface area contributed by atoms with E-state index in [4.69, 9.17) is 0 Å². The van der Waals surface area contributed by atoms with Crippen LogP contribution in [-0.2, 0) is 4.79 Å². The molecule has 0 saturated carbocycles. The van der Waals surface area contributed by atoms with Crippen LogP contribution in [0.15, 0.2) is 34.3 Å². The average Bonchev–Trinajstić information content (AvgIpc) is 2.46. The Hall–Kier alpha value is -2.24. The van der Waals surface area contributed by atoms with Crippen LogP contribution in [0, 0.1) is 17.7 Å². The first-order chi connectivity index (χ1) is 10.3. The van der Waals surface area contributed by atoms with Gasteiger partial charge in [0.15, 0.2) is 0 Å². The van der Waals surface area contributed by atoms with Crippen molar-refractivity contribution in [1.82, 2.24) is 4.90 Å². The van der Waals surface area contributed by atoms with Crippen LogP contribution in [0.1, 0.15) is 25.5 Å². The molecule has 0 aromatic heterocycles. The normalized spacial score (nSPS) is 21.4. The number of nitrogens with zero attached hydrogens (tertiary/aromatic N) is 3. The summed E-state index contributed by atoms with van der Waals surface area (Å²) in [4.78, 5) is 22.4. The van der Waals surface area contributed by atoms with Gasteiger partial charge in [0.1, 0.15) is 11.7 Å². The summed E-state index contributed by atoms with van der Waals surface area (Å²) in [5.41, 5.74) is 1.25. The van der Waals surface area contributed by atoms with E-state index < -0.39 is 17.9 Å². The predicted octanol–water partition coefficient (Wildman–Crippen LogP) is 2.60. The van der Waals surface area contributed by atoms with Crippen LogP contribution in [0.5, 0.6) is 0 Å². The first-order valence-electron chi connectivity index (χ1n) is 7.13. The molecule has 0 fully saturated rings. The predicted molar refractivity (Wildman–Crippen MR) is 83.7 cm³/mol. The van der Waals surface area contributed by atoms with Gasteiger partial charge in [0.05, 0.1) is 6.04 Å². The Morgan fingerprint density at radius 3 is 2.32 bits per heavy atom. The monoisotopic (exact) mass is 305 g/mol. The maximum absolute atomic E-state index is 13.1. The second-order valence-electron chi connectivity index (χ2n) is 5.83. The Bertz CT molecular complexity index is 621. The molecule has 2 atom stereocenters. The second kappa shape index (κ2) is 6.25. The Morgan fingerprint density at radius 1 is 1.27 bits per heavy atom. The Balaban J connectivity index is 2.54. The van der Waals surface area contributed by atoms with Crippen LogP contribution in [0.3, 0.4) is 0 Å². The lowest BCUT2D eigenvalue weighted by Crippen LogP contribution is -2.38. The highest BCUT2D eigenvalue weighted by molar-refractivity contribution is 6.09. The topological polar surface area (TPSA) is 65.3 Å². The number of carbonyl (C=O) groups is 1. The molecular formula is C16H20FN3O2. The zero-order valence-electron chi connectivity index (χ0n) is 13.1. The quantitative estimate of drug-likeness (QED) is 0.933. The molecule has 1 aliphatic heterocycles. The molecule has 5 nitrogen and oxygen atoms in total. The van der Waals surface area contributed by atoms with Crippen LogP contribution < -0.4 is 0 Å². The lowest BCUT2D eigenvalue weighted by molar-refractivity contribution is -0.140. The zero-order valence-corrected chi connectivity index (χ0v) is 13.1. The van der Waals surface area contributed by atoms with E-state index in [2.05, 4.69) is 9.98 Å². The molecule has 2 rings (SSSR count). The molecule has 0 saturated heterocycles. The van der Waals surface area contributed by atoms with Crippen LogP contribution >= 0.6 is 0 Å². The van der Waals surface area contributed by atoms with Crippen LogP contribution in [-0.4, -0.2) is 41.7 Å². The fourth-order valence-electron chi connectivity index (χ4n) is 2.47. The van der Waals surface area contributed by atoms with E-state index in [1.165, 1.54) is 12.1 Å². The van der Waals surface area contributed by atoms with Crippen molar-refractivity contribution >= 4 is 17.6 Å². The fourth-order valence-corrected chi connectivity index (χ4v) is 2.47. The number of hydrogen-bond donors (Lipinski definition) is 1. The third-order valence-corrected chi connectivity index (χ3v) is 3.59. The number of rotatable bonds is 3. The van der Waals surface area contributed by atoms with E-state index in [1.54, 1.807) is 17.0 Å². The Morgan fingerprint density at radius 2 is 1.86 bits per heavy atom. The molecule has 0 radical (unpaired) electrons. The molecule has 1 aromatic rings. The van der Waals surface area contributed by atoms with E-state index in [0.29, 0.717) is 17.2 Å². The molecule has 1 N–H and O–H groups in total. The second-order valence-corrected chi connectivity index (χ2v) is 5.83. The smallest absolute Gasteiger partial charge is 0.314 e. The molecule has 0 amide bonds. The Kier molecular flexibility index (Phi) is 4.59. The van der Waals surface area contributed by atoms with Gasteiger partial charge in [0.25, 0.3) is 0 Å². The fraction of sp³-hybridized carbons (Fsp3) is 0.438. The van der Waals surface area contributed by atoms with Gasteiger partial charge in [-0.05, 0) is 23.6 Å². The highest BCUT2D eigenvalue weighted by atomic mass is 19.1. The van der Waals surface area contributed by atoms with Crippen LogP contribution in [0.2, 0.25) is 0 Å². The molecule has 0 aliphatic carbocycles. The van der Waals surface area contributed by atoms with Crippen molar-refractivity contribution in [3.8, 4) is 0 Å². The molecule has 118 valence electrons. The summed E-state index contributed by atoms with van der Waals surface area (Å²) in [7, 11) is 3.62. The highest BCUT2D eigenvalue weighted by Crippen LogP contribution is 2.33. The molecule has 2 unspecified atom stereocenters. The minimum Gasteiger partial charge on any atom is -0.481 e. The third-order valence-electron chi connectivity index (χ3n) is 3.59. The minimum absolute atomic E-state index is 0.0190. The van der Waals surface area contributed by atoms with Gasteiger partial charge in [-0.25, -0.2) is 14.4 Å². The number of aliphatic carboxylic acids is 1. The summed E-state index contributed by atoms with van der Waals surface area (Å²) in [6, 6.07) is 5.19. The molecule has 1 heterocycles. The van der Waals surface area contributed by atoms with Crippen molar-refractivity contribution in [2.75, 3.05) is 14.1 Å². The van der Waals surface area contributed by atoms with Crippen molar-refractivity contribution in [2.45, 2.75) is 19.9 Å². The lowest BCUT2D eigenvalue weighted by Gasteiger charge is -2.30. The summed E-state index contributed by atoms with van der Waals surface area (Å²) in [6.07, 6.45) is 0. The number of guanidine groups is 1. The molecule has 1 aromatic carbocycles. The van der Waals surface area contributed by atoms with Gasteiger partial charge in [-0.1, -0.05) is 26.0 Å². The molecule has 0 spiro atoms. The summed E-state index contributed by atoms with van der Waals surface area (Å²) in [6.45, 7) is 3.82. The summed E-state index contributed by atoms with van der Waals surface area (Å²) < 4.78 is 13.1. The molecule has 22 heavy (non-hydrogen) atoms. The number of carboxylic acid groups (broad SMARTS) is 1. The molecular weight excluding hydrogens is 285 g/mol. The molecule has 1 aliphatic rings. The summed E-state index contributed by atoms with van der Waals surface area (Å²) >= 11 is 0. The van der Waals surface area contributed by atoms with Crippen molar-refractivity contribution in [1.29, 1.82) is 0 Å². The maximum atomic E-state index is 13.1. The number of halogens is 1. The summed E-state index contributed by atoms with van der Waals surface area (Å²) in [5.74, 6) is -1.71. The zero-order chi connectivity index (χ0) is 16.4. The van der Waals surface area contributed by atoms with E-state index >= 15 is 0 Å². The van der Waals surface area contributed by atoms with Gasteiger partial charge >= 0.3 is 5.97 Å². The van der Waals surface area contributed by atoms with Crippen LogP contribution in [0.4, 0.5) is 4.39 Å². The van der Waals surface area contributed by atoms with E-state index in [0.717, 1.165) is 0 Å². The van der Waals surface area contributed by atoms with E-state index in [1.807, 2.05) is 27.9 Å². The molecule has 6 heteroatoms. The van der Waals surface area contributed by atoms with Gasteiger partial charge in [-0.2, -0.15) is 0 Å². The first-order valence-corrected chi connectivity index (χ1v) is 7.13. The largest absolute Gasteiger partial charge is 0.481 e. The first kappa shape index (κ1) is 16.1. The average molecular weight is 305 g/mol. The highest BCUT2D eigenvalue weighted by Gasteiger charge is 2.38. The van der Waals surface area contributed by atoms with Gasteiger partial charge in [0.2, 0.25) is 5.96 Å². The lowest BCUT2D eigenvalue weighted by atomic mass is 9.84. The SMILES string of the molecule is CC(C)C1=NC(N(C)C)=NC(c2ccc(F)cc2)C1C(=O)O. The van der Waals surface area contributed by atoms with Crippen LogP contribution in [0.25, 0.3) is 0 Å². The van der Waals surface area contributed by atoms with Crippen molar-refractivity contribution in [2.24, 2.45) is 21.8 Å². The van der Waals surface area contributed by atoms with Crippen molar-refractivity contribution in [3.63, 3.8) is 0 Å².